The lowest BCUT2D eigenvalue weighted by molar-refractivity contribution is 0.0846. The van der Waals surface area contributed by atoms with Crippen molar-refractivity contribution in [2.45, 2.75) is 12.8 Å². The molecule has 2 aromatic heterocycles. The molecule has 0 aliphatic carbocycles. The minimum Gasteiger partial charge on any atom is -0.324 e. The number of piperidine rings is 1. The van der Waals surface area contributed by atoms with E-state index in [1.807, 2.05) is 0 Å². The van der Waals surface area contributed by atoms with Crippen LogP contribution in [0.1, 0.15) is 23.3 Å². The van der Waals surface area contributed by atoms with Crippen LogP contribution in [0.5, 0.6) is 0 Å². The maximum absolute atomic E-state index is 12.4. The van der Waals surface area contributed by atoms with E-state index >= 15 is 0 Å². The molecule has 0 radical (unpaired) electrons. The number of hydrogen-bond donors (Lipinski definition) is 1. The molecule has 22 heavy (non-hydrogen) atoms. The molecule has 1 aliphatic rings. The van der Waals surface area contributed by atoms with Crippen molar-refractivity contribution in [2.75, 3.05) is 18.4 Å². The van der Waals surface area contributed by atoms with Crippen molar-refractivity contribution in [1.29, 1.82) is 0 Å². The number of rotatable bonds is 3. The van der Waals surface area contributed by atoms with E-state index < -0.39 is 0 Å². The molecule has 0 aromatic carbocycles. The van der Waals surface area contributed by atoms with Gasteiger partial charge in [-0.3, -0.25) is 15.1 Å². The van der Waals surface area contributed by atoms with Crippen LogP contribution in [0.4, 0.5) is 9.80 Å². The maximum atomic E-state index is 12.4. The summed E-state index contributed by atoms with van der Waals surface area (Å²) in [6.45, 7) is 1.05. The van der Waals surface area contributed by atoms with Gasteiger partial charge in [0, 0.05) is 36.7 Å². The molecule has 3 rings (SSSR count). The highest BCUT2D eigenvalue weighted by atomic mass is 32.1. The summed E-state index contributed by atoms with van der Waals surface area (Å²) in [7, 11) is 0. The van der Waals surface area contributed by atoms with Crippen molar-refractivity contribution in [1.82, 2.24) is 19.5 Å². The molecule has 1 atom stereocenters. The monoisotopic (exact) mass is 317 g/mol. The second kappa shape index (κ2) is 6.61. The number of likely N-dealkylation sites (tertiary alicyclic amines) is 1. The van der Waals surface area contributed by atoms with Gasteiger partial charge in [-0.15, -0.1) is 5.10 Å². The van der Waals surface area contributed by atoms with Crippen LogP contribution in [0.15, 0.2) is 30.6 Å². The number of ketones is 1. The highest BCUT2D eigenvalue weighted by Crippen LogP contribution is 2.21. The molecule has 1 aliphatic heterocycles. The third-order valence-corrected chi connectivity index (χ3v) is 4.17. The summed E-state index contributed by atoms with van der Waals surface area (Å²) < 4.78 is 3.70. The number of anilines is 1. The number of nitrogens with zero attached hydrogens (tertiary/aromatic N) is 4. The molecule has 0 bridgehead atoms. The number of amides is 2. The number of nitrogens with one attached hydrogen (secondary N) is 1. The summed E-state index contributed by atoms with van der Waals surface area (Å²) in [5.74, 6) is -0.202. The molecular weight excluding hydrogens is 302 g/mol. The van der Waals surface area contributed by atoms with Gasteiger partial charge in [-0.2, -0.15) is 0 Å². The van der Waals surface area contributed by atoms with Gasteiger partial charge in [0.15, 0.2) is 5.78 Å². The first-order chi connectivity index (χ1) is 10.7. The minimum absolute atomic E-state index is 0.00226. The SMILES string of the molecule is O=C(c1ccccn1)C1CCCN(C(=O)Nc2cnns2)C1. The normalized spacial score (nSPS) is 18.0. The van der Waals surface area contributed by atoms with Crippen molar-refractivity contribution >= 4 is 28.3 Å². The van der Waals surface area contributed by atoms with Crippen molar-refractivity contribution in [2.24, 2.45) is 5.92 Å². The topological polar surface area (TPSA) is 88.1 Å². The van der Waals surface area contributed by atoms with Crippen molar-refractivity contribution in [3.8, 4) is 0 Å². The standard InChI is InChI=1S/C14H15N5O2S/c20-13(11-5-1-2-6-15-11)10-4-3-7-19(9-10)14(21)17-12-8-16-18-22-12/h1-2,5-6,8,10H,3-4,7,9H2,(H,17,21). The highest BCUT2D eigenvalue weighted by Gasteiger charge is 2.29. The zero-order valence-electron chi connectivity index (χ0n) is 11.8. The Labute approximate surface area is 131 Å². The molecule has 0 saturated carbocycles. The molecule has 7 nitrogen and oxygen atoms in total. The predicted octanol–water partition coefficient (Wildman–Crippen LogP) is 2.06. The lowest BCUT2D eigenvalue weighted by Crippen LogP contribution is -2.44. The zero-order chi connectivity index (χ0) is 15.4. The maximum Gasteiger partial charge on any atom is 0.322 e. The summed E-state index contributed by atoms with van der Waals surface area (Å²) >= 11 is 1.12. The summed E-state index contributed by atoms with van der Waals surface area (Å²) in [5.41, 5.74) is 0.460. The molecule has 114 valence electrons. The zero-order valence-corrected chi connectivity index (χ0v) is 12.6. The summed E-state index contributed by atoms with van der Waals surface area (Å²) in [6, 6.07) is 5.07. The fourth-order valence-corrected chi connectivity index (χ4v) is 2.91. The van der Waals surface area contributed by atoms with Crippen LogP contribution < -0.4 is 5.32 Å². The largest absolute Gasteiger partial charge is 0.324 e. The van der Waals surface area contributed by atoms with Gasteiger partial charge >= 0.3 is 6.03 Å². The molecule has 1 saturated heterocycles. The van der Waals surface area contributed by atoms with Crippen LogP contribution in [0.3, 0.4) is 0 Å². The van der Waals surface area contributed by atoms with Gasteiger partial charge in [-0.05, 0) is 25.0 Å². The predicted molar refractivity (Wildman–Crippen MR) is 81.8 cm³/mol. The molecular formula is C14H15N5O2S. The van der Waals surface area contributed by atoms with Gasteiger partial charge in [0.1, 0.15) is 10.7 Å². The van der Waals surface area contributed by atoms with Gasteiger partial charge in [0.25, 0.3) is 0 Å². The smallest absolute Gasteiger partial charge is 0.322 e. The average molecular weight is 317 g/mol. The van der Waals surface area contributed by atoms with Crippen LogP contribution in [0, 0.1) is 5.92 Å². The minimum atomic E-state index is -0.218. The third kappa shape index (κ3) is 3.28. The first kappa shape index (κ1) is 14.6. The number of urea groups is 1. The van der Waals surface area contributed by atoms with Crippen molar-refractivity contribution in [3.63, 3.8) is 0 Å². The third-order valence-electron chi connectivity index (χ3n) is 3.59. The number of carbonyl (C=O) groups is 2. The van der Waals surface area contributed by atoms with E-state index in [1.54, 1.807) is 29.3 Å². The summed E-state index contributed by atoms with van der Waals surface area (Å²) in [6.07, 6.45) is 4.69. The van der Waals surface area contributed by atoms with E-state index in [9.17, 15) is 9.59 Å². The first-order valence-electron chi connectivity index (χ1n) is 7.02. The van der Waals surface area contributed by atoms with E-state index in [0.29, 0.717) is 23.8 Å². The van der Waals surface area contributed by atoms with Gasteiger partial charge < -0.3 is 4.90 Å². The second-order valence-electron chi connectivity index (χ2n) is 5.08. The first-order valence-corrected chi connectivity index (χ1v) is 7.80. The highest BCUT2D eigenvalue weighted by molar-refractivity contribution is 7.10. The number of hydrogen-bond acceptors (Lipinski definition) is 6. The summed E-state index contributed by atoms with van der Waals surface area (Å²) in [4.78, 5) is 30.4. The molecule has 1 N–H and O–H groups in total. The second-order valence-corrected chi connectivity index (χ2v) is 5.86. The van der Waals surface area contributed by atoms with Crippen LogP contribution in [-0.2, 0) is 0 Å². The number of pyridine rings is 1. The Balaban J connectivity index is 1.64. The van der Waals surface area contributed by atoms with E-state index in [2.05, 4.69) is 19.9 Å². The fourth-order valence-electron chi connectivity index (χ4n) is 2.50. The Kier molecular flexibility index (Phi) is 4.38. The van der Waals surface area contributed by atoms with Crippen LogP contribution in [0.2, 0.25) is 0 Å². The Morgan fingerprint density at radius 3 is 3.00 bits per heavy atom. The van der Waals surface area contributed by atoms with E-state index in [0.717, 1.165) is 24.4 Å². The average Bonchev–Trinajstić information content (AvgIpc) is 3.08. The van der Waals surface area contributed by atoms with Crippen molar-refractivity contribution in [3.05, 3.63) is 36.3 Å². The van der Waals surface area contributed by atoms with Crippen LogP contribution >= 0.6 is 11.5 Å². The quantitative estimate of drug-likeness (QED) is 0.875. The summed E-state index contributed by atoms with van der Waals surface area (Å²) in [5, 5.41) is 7.02. The Morgan fingerprint density at radius 2 is 2.27 bits per heavy atom. The number of Topliss-reactive ketones (excluding diaryl/α,β-unsaturated/α-hetero) is 1. The molecule has 2 aromatic rings. The Morgan fingerprint density at radius 1 is 1.36 bits per heavy atom. The van der Waals surface area contributed by atoms with E-state index in [4.69, 9.17) is 0 Å². The lowest BCUT2D eigenvalue weighted by atomic mass is 9.92. The fraction of sp³-hybridized carbons (Fsp3) is 0.357. The van der Waals surface area contributed by atoms with Gasteiger partial charge in [-0.25, -0.2) is 4.79 Å². The van der Waals surface area contributed by atoms with E-state index in [-0.39, 0.29) is 17.7 Å². The molecule has 3 heterocycles. The molecule has 1 unspecified atom stereocenters. The Hall–Kier alpha value is -2.35. The van der Waals surface area contributed by atoms with Crippen LogP contribution in [-0.4, -0.2) is 44.4 Å². The molecule has 0 spiro atoms. The molecule has 1 fully saturated rings. The van der Waals surface area contributed by atoms with Crippen LogP contribution in [0.25, 0.3) is 0 Å². The van der Waals surface area contributed by atoms with E-state index in [1.165, 1.54) is 6.20 Å². The molecule has 2 amide bonds. The molecule has 8 heteroatoms. The van der Waals surface area contributed by atoms with Crippen molar-refractivity contribution < 1.29 is 9.59 Å². The number of carbonyl (C=O) groups excluding carboxylic acids is 2. The van der Waals surface area contributed by atoms with Gasteiger partial charge in [-0.1, -0.05) is 10.6 Å². The number of aromatic nitrogens is 3. The van der Waals surface area contributed by atoms with Gasteiger partial charge in [0.05, 0.1) is 6.20 Å². The Bertz CT molecular complexity index is 647. The van der Waals surface area contributed by atoms with Gasteiger partial charge in [0.2, 0.25) is 0 Å². The lowest BCUT2D eigenvalue weighted by Gasteiger charge is -2.31.